The summed E-state index contributed by atoms with van der Waals surface area (Å²) in [4.78, 5) is 11.9. The number of halogens is 1. The van der Waals surface area contributed by atoms with Crippen LogP contribution in [0.4, 0.5) is 5.69 Å². The minimum atomic E-state index is -0.350. The first-order valence-corrected chi connectivity index (χ1v) is 5.40. The van der Waals surface area contributed by atoms with Crippen molar-refractivity contribution in [1.29, 1.82) is 0 Å². The van der Waals surface area contributed by atoms with Crippen molar-refractivity contribution >= 4 is 23.2 Å². The third-order valence-electron chi connectivity index (χ3n) is 2.25. The van der Waals surface area contributed by atoms with Crippen LogP contribution in [0.25, 0.3) is 0 Å². The van der Waals surface area contributed by atoms with Gasteiger partial charge in [-0.15, -0.1) is 0 Å². The highest BCUT2D eigenvalue weighted by molar-refractivity contribution is 6.35. The van der Waals surface area contributed by atoms with Gasteiger partial charge in [0.1, 0.15) is 5.75 Å². The van der Waals surface area contributed by atoms with E-state index in [0.717, 1.165) is 0 Å². The van der Waals surface area contributed by atoms with Gasteiger partial charge in [-0.2, -0.15) is 0 Å². The fourth-order valence-electron chi connectivity index (χ4n) is 1.42. The Balaban J connectivity index is 2.24. The van der Waals surface area contributed by atoms with Crippen molar-refractivity contribution in [3.05, 3.63) is 59.1 Å². The average molecular weight is 248 g/mol. The topological polar surface area (TPSA) is 49.3 Å². The van der Waals surface area contributed by atoms with E-state index in [1.54, 1.807) is 24.3 Å². The van der Waals surface area contributed by atoms with Crippen LogP contribution < -0.4 is 5.32 Å². The summed E-state index contributed by atoms with van der Waals surface area (Å²) in [7, 11) is 0. The number of phenols is 1. The zero-order valence-electron chi connectivity index (χ0n) is 8.85. The van der Waals surface area contributed by atoms with Crippen LogP contribution in [0.5, 0.6) is 5.75 Å². The Morgan fingerprint density at radius 1 is 1.06 bits per heavy atom. The zero-order chi connectivity index (χ0) is 12.3. The minimum Gasteiger partial charge on any atom is -0.506 e. The van der Waals surface area contributed by atoms with Crippen molar-refractivity contribution in [2.24, 2.45) is 0 Å². The van der Waals surface area contributed by atoms with Crippen LogP contribution in [0.15, 0.2) is 48.5 Å². The first kappa shape index (κ1) is 11.5. The molecule has 0 aliphatic carbocycles. The van der Waals surface area contributed by atoms with Crippen LogP contribution in [0.3, 0.4) is 0 Å². The summed E-state index contributed by atoms with van der Waals surface area (Å²) < 4.78 is 0. The molecule has 1 amide bonds. The van der Waals surface area contributed by atoms with Crippen LogP contribution in [0.1, 0.15) is 10.4 Å². The molecule has 0 aliphatic heterocycles. The summed E-state index contributed by atoms with van der Waals surface area (Å²) in [5.41, 5.74) is 0.924. The highest BCUT2D eigenvalue weighted by atomic mass is 35.5. The quantitative estimate of drug-likeness (QED) is 0.856. The fraction of sp³-hybridized carbons (Fsp3) is 0. The molecule has 2 aromatic rings. The highest BCUT2D eigenvalue weighted by Crippen LogP contribution is 2.27. The molecule has 2 aromatic carbocycles. The second-order valence-electron chi connectivity index (χ2n) is 3.46. The van der Waals surface area contributed by atoms with Gasteiger partial charge in [-0.1, -0.05) is 35.9 Å². The molecule has 0 unspecified atom stereocenters. The number of benzene rings is 2. The van der Waals surface area contributed by atoms with E-state index >= 15 is 0 Å². The number of amides is 1. The molecular formula is C13H10ClNO2. The van der Waals surface area contributed by atoms with Crippen molar-refractivity contribution in [3.63, 3.8) is 0 Å². The second-order valence-corrected chi connectivity index (χ2v) is 3.84. The van der Waals surface area contributed by atoms with Crippen molar-refractivity contribution in [2.45, 2.75) is 0 Å². The maximum Gasteiger partial charge on any atom is 0.257 e. The van der Waals surface area contributed by atoms with Gasteiger partial charge in [-0.05, 0) is 24.3 Å². The van der Waals surface area contributed by atoms with Crippen molar-refractivity contribution in [1.82, 2.24) is 0 Å². The Kier molecular flexibility index (Phi) is 3.30. The third-order valence-corrected chi connectivity index (χ3v) is 2.65. The van der Waals surface area contributed by atoms with Crippen LogP contribution >= 0.6 is 11.6 Å². The summed E-state index contributed by atoms with van der Waals surface area (Å²) in [6.45, 7) is 0. The minimum absolute atomic E-state index is 0.0564. The van der Waals surface area contributed by atoms with Gasteiger partial charge in [0.05, 0.1) is 10.6 Å². The van der Waals surface area contributed by atoms with Gasteiger partial charge < -0.3 is 10.4 Å². The van der Waals surface area contributed by atoms with Crippen LogP contribution in [0.2, 0.25) is 5.02 Å². The average Bonchev–Trinajstić information content (AvgIpc) is 2.34. The van der Waals surface area contributed by atoms with E-state index in [-0.39, 0.29) is 22.2 Å². The van der Waals surface area contributed by atoms with Gasteiger partial charge in [0, 0.05) is 5.69 Å². The van der Waals surface area contributed by atoms with E-state index in [1.807, 2.05) is 18.2 Å². The maximum atomic E-state index is 11.9. The molecule has 3 nitrogen and oxygen atoms in total. The summed E-state index contributed by atoms with van der Waals surface area (Å²) in [5, 5.41) is 12.2. The number of aromatic hydroxyl groups is 1. The highest BCUT2D eigenvalue weighted by Gasteiger charge is 2.12. The predicted octanol–water partition coefficient (Wildman–Crippen LogP) is 3.30. The molecule has 2 N–H and O–H groups in total. The van der Waals surface area contributed by atoms with E-state index < -0.39 is 0 Å². The molecule has 0 fully saturated rings. The van der Waals surface area contributed by atoms with Crippen molar-refractivity contribution in [2.75, 3.05) is 5.32 Å². The van der Waals surface area contributed by atoms with Crippen LogP contribution in [-0.2, 0) is 0 Å². The number of phenolic OH excluding ortho intramolecular Hbond substituents is 1. The second kappa shape index (κ2) is 4.89. The van der Waals surface area contributed by atoms with E-state index in [1.165, 1.54) is 6.07 Å². The molecule has 0 atom stereocenters. The number of rotatable bonds is 2. The lowest BCUT2D eigenvalue weighted by Crippen LogP contribution is -2.12. The summed E-state index contributed by atoms with van der Waals surface area (Å²) in [6, 6.07) is 13.6. The lowest BCUT2D eigenvalue weighted by molar-refractivity contribution is 0.102. The molecule has 0 aromatic heterocycles. The number of hydrogen-bond donors (Lipinski definition) is 2. The van der Waals surface area contributed by atoms with Crippen molar-refractivity contribution in [3.8, 4) is 5.75 Å². The van der Waals surface area contributed by atoms with E-state index in [2.05, 4.69) is 5.32 Å². The van der Waals surface area contributed by atoms with Gasteiger partial charge in [-0.25, -0.2) is 0 Å². The molecule has 17 heavy (non-hydrogen) atoms. The number of carbonyl (C=O) groups excluding carboxylic acids is 1. The Morgan fingerprint density at radius 2 is 1.76 bits per heavy atom. The molecule has 2 rings (SSSR count). The third kappa shape index (κ3) is 2.57. The van der Waals surface area contributed by atoms with Gasteiger partial charge >= 0.3 is 0 Å². The molecule has 0 heterocycles. The summed E-state index contributed by atoms with van der Waals surface area (Å²) in [6.07, 6.45) is 0. The lowest BCUT2D eigenvalue weighted by Gasteiger charge is -2.07. The molecule has 0 spiro atoms. The molecule has 86 valence electrons. The number of carbonyl (C=O) groups is 1. The molecule has 0 radical (unpaired) electrons. The van der Waals surface area contributed by atoms with Crippen molar-refractivity contribution < 1.29 is 9.90 Å². The Hall–Kier alpha value is -2.00. The summed E-state index contributed by atoms with van der Waals surface area (Å²) in [5.74, 6) is -0.454. The Morgan fingerprint density at radius 3 is 2.47 bits per heavy atom. The first-order valence-electron chi connectivity index (χ1n) is 5.02. The first-order chi connectivity index (χ1) is 8.18. The van der Waals surface area contributed by atoms with Crippen LogP contribution in [0, 0.1) is 0 Å². The Bertz CT molecular complexity index is 540. The molecule has 4 heteroatoms. The van der Waals surface area contributed by atoms with E-state index in [4.69, 9.17) is 11.6 Å². The molecule has 0 saturated carbocycles. The maximum absolute atomic E-state index is 11.9. The summed E-state index contributed by atoms with van der Waals surface area (Å²) >= 11 is 5.84. The predicted molar refractivity (Wildman–Crippen MR) is 67.5 cm³/mol. The molecule has 0 saturated heterocycles. The standard InChI is InChI=1S/C13H10ClNO2/c14-12-10(7-4-8-11(12)16)13(17)15-9-5-2-1-3-6-9/h1-8,16H,(H,15,17). The number of nitrogens with one attached hydrogen (secondary N) is 1. The number of hydrogen-bond acceptors (Lipinski definition) is 2. The largest absolute Gasteiger partial charge is 0.506 e. The molecular weight excluding hydrogens is 238 g/mol. The molecule has 0 aliphatic rings. The fourth-order valence-corrected chi connectivity index (χ4v) is 1.63. The normalized spacial score (nSPS) is 9.94. The number of anilines is 1. The Labute approximate surface area is 104 Å². The van der Waals surface area contributed by atoms with Gasteiger partial charge in [0.15, 0.2) is 0 Å². The van der Waals surface area contributed by atoms with Gasteiger partial charge in [-0.3, -0.25) is 4.79 Å². The van der Waals surface area contributed by atoms with E-state index in [9.17, 15) is 9.90 Å². The van der Waals surface area contributed by atoms with E-state index in [0.29, 0.717) is 5.69 Å². The van der Waals surface area contributed by atoms with Gasteiger partial charge in [0.25, 0.3) is 5.91 Å². The molecule has 0 bridgehead atoms. The van der Waals surface area contributed by atoms with Crippen LogP contribution in [-0.4, -0.2) is 11.0 Å². The number of para-hydroxylation sites is 1. The van der Waals surface area contributed by atoms with Gasteiger partial charge in [0.2, 0.25) is 0 Å². The monoisotopic (exact) mass is 247 g/mol. The smallest absolute Gasteiger partial charge is 0.257 e. The lowest BCUT2D eigenvalue weighted by atomic mass is 10.2. The SMILES string of the molecule is O=C(Nc1ccccc1)c1cccc(O)c1Cl. The zero-order valence-corrected chi connectivity index (χ0v) is 9.61.